The maximum atomic E-state index is 12.6. The Morgan fingerprint density at radius 1 is 1.32 bits per heavy atom. The maximum Gasteiger partial charge on any atom is 0.246 e. The fourth-order valence-electron chi connectivity index (χ4n) is 2.95. The molecule has 0 bridgehead atoms. The number of aryl methyl sites for hydroxylation is 2. The van der Waals surface area contributed by atoms with E-state index < -0.39 is 6.04 Å². The molecule has 3 aromatic rings. The van der Waals surface area contributed by atoms with Crippen LogP contribution in [0.25, 0.3) is 10.9 Å². The quantitative estimate of drug-likeness (QED) is 0.709. The molecule has 25 heavy (non-hydrogen) atoms. The number of carbonyl (C=O) groups is 1. The van der Waals surface area contributed by atoms with Crippen LogP contribution in [0, 0.1) is 0 Å². The number of amides is 1. The lowest BCUT2D eigenvalue weighted by Crippen LogP contribution is -2.30. The van der Waals surface area contributed by atoms with E-state index in [0.29, 0.717) is 0 Å². The zero-order valence-electron chi connectivity index (χ0n) is 14.7. The zero-order valence-corrected chi connectivity index (χ0v) is 15.5. The summed E-state index contributed by atoms with van der Waals surface area (Å²) < 4.78 is 3.90. The lowest BCUT2D eigenvalue weighted by molar-refractivity contribution is -0.118. The number of nitrogens with zero attached hydrogens (tertiary/aromatic N) is 3. The summed E-state index contributed by atoms with van der Waals surface area (Å²) in [6.07, 6.45) is 6.71. The third kappa shape index (κ3) is 4.03. The SMILES string of the molecule is CCCn1ccc2ccc(NC(=O)C(NC)c3cnn(C)c3)cc21.Cl. The van der Waals surface area contributed by atoms with Gasteiger partial charge in [-0.15, -0.1) is 12.4 Å². The summed E-state index contributed by atoms with van der Waals surface area (Å²) in [5, 5.41) is 11.4. The van der Waals surface area contributed by atoms with Crippen molar-refractivity contribution in [2.45, 2.75) is 25.9 Å². The van der Waals surface area contributed by atoms with Gasteiger partial charge >= 0.3 is 0 Å². The van der Waals surface area contributed by atoms with Crippen molar-refractivity contribution in [2.24, 2.45) is 7.05 Å². The summed E-state index contributed by atoms with van der Waals surface area (Å²) in [5.74, 6) is -0.0987. The molecular weight excluding hydrogens is 338 g/mol. The number of rotatable bonds is 6. The molecule has 1 amide bonds. The van der Waals surface area contributed by atoms with Gasteiger partial charge in [-0.25, -0.2) is 0 Å². The number of hydrogen-bond donors (Lipinski definition) is 2. The van der Waals surface area contributed by atoms with Crippen LogP contribution in [-0.4, -0.2) is 27.3 Å². The fourth-order valence-corrected chi connectivity index (χ4v) is 2.95. The molecule has 1 atom stereocenters. The molecule has 2 aromatic heterocycles. The Bertz CT molecular complexity index is 854. The zero-order chi connectivity index (χ0) is 17.1. The van der Waals surface area contributed by atoms with Crippen molar-refractivity contribution in [3.63, 3.8) is 0 Å². The Morgan fingerprint density at radius 3 is 2.76 bits per heavy atom. The van der Waals surface area contributed by atoms with Crippen molar-refractivity contribution >= 4 is 34.9 Å². The Balaban J connectivity index is 0.00000225. The van der Waals surface area contributed by atoms with Gasteiger partial charge in [-0.1, -0.05) is 13.0 Å². The second-order valence-corrected chi connectivity index (χ2v) is 5.94. The summed E-state index contributed by atoms with van der Waals surface area (Å²) in [4.78, 5) is 12.6. The second kappa shape index (κ2) is 8.18. The van der Waals surface area contributed by atoms with Crippen molar-refractivity contribution in [2.75, 3.05) is 12.4 Å². The van der Waals surface area contributed by atoms with Gasteiger partial charge in [0.05, 0.1) is 11.7 Å². The van der Waals surface area contributed by atoms with Crippen LogP contribution in [0.3, 0.4) is 0 Å². The second-order valence-electron chi connectivity index (χ2n) is 5.94. The first-order valence-electron chi connectivity index (χ1n) is 8.18. The van der Waals surface area contributed by atoms with Gasteiger partial charge in [0, 0.05) is 37.2 Å². The van der Waals surface area contributed by atoms with Crippen molar-refractivity contribution in [3.05, 3.63) is 48.4 Å². The monoisotopic (exact) mass is 361 g/mol. The van der Waals surface area contributed by atoms with E-state index >= 15 is 0 Å². The topological polar surface area (TPSA) is 63.9 Å². The summed E-state index contributed by atoms with van der Waals surface area (Å²) in [5.41, 5.74) is 2.78. The smallest absolute Gasteiger partial charge is 0.246 e. The molecule has 6 nitrogen and oxygen atoms in total. The van der Waals surface area contributed by atoms with Crippen LogP contribution >= 0.6 is 12.4 Å². The molecule has 0 spiro atoms. The first-order valence-corrected chi connectivity index (χ1v) is 8.18. The van der Waals surface area contributed by atoms with Gasteiger partial charge in [0.1, 0.15) is 6.04 Å². The highest BCUT2D eigenvalue weighted by atomic mass is 35.5. The molecule has 2 N–H and O–H groups in total. The van der Waals surface area contributed by atoms with Crippen molar-refractivity contribution in [3.8, 4) is 0 Å². The fraction of sp³-hybridized carbons (Fsp3) is 0.333. The Hall–Kier alpha value is -2.31. The van der Waals surface area contributed by atoms with Gasteiger partial charge in [0.2, 0.25) is 5.91 Å². The highest BCUT2D eigenvalue weighted by Gasteiger charge is 2.20. The molecule has 0 saturated heterocycles. The van der Waals surface area contributed by atoms with Gasteiger partial charge in [-0.05, 0) is 37.1 Å². The average molecular weight is 362 g/mol. The van der Waals surface area contributed by atoms with E-state index in [4.69, 9.17) is 0 Å². The maximum absolute atomic E-state index is 12.6. The van der Waals surface area contributed by atoms with E-state index in [2.05, 4.69) is 39.5 Å². The first kappa shape index (κ1) is 19.0. The van der Waals surface area contributed by atoms with Gasteiger partial charge in [0.25, 0.3) is 0 Å². The highest BCUT2D eigenvalue weighted by molar-refractivity contribution is 5.97. The van der Waals surface area contributed by atoms with Crippen LogP contribution in [0.4, 0.5) is 5.69 Å². The summed E-state index contributed by atoms with van der Waals surface area (Å²) in [6.45, 7) is 3.12. The molecule has 0 aliphatic heterocycles. The number of halogens is 1. The Morgan fingerprint density at radius 2 is 2.12 bits per heavy atom. The number of carbonyl (C=O) groups excluding carboxylic acids is 1. The molecule has 0 saturated carbocycles. The van der Waals surface area contributed by atoms with Gasteiger partial charge < -0.3 is 15.2 Å². The third-order valence-electron chi connectivity index (χ3n) is 4.11. The van der Waals surface area contributed by atoms with Crippen molar-refractivity contribution in [1.82, 2.24) is 19.7 Å². The lowest BCUT2D eigenvalue weighted by Gasteiger charge is -2.15. The predicted molar refractivity (Wildman–Crippen MR) is 103 cm³/mol. The minimum absolute atomic E-state index is 0. The van der Waals surface area contributed by atoms with E-state index in [1.54, 1.807) is 17.9 Å². The third-order valence-corrected chi connectivity index (χ3v) is 4.11. The molecule has 2 heterocycles. The summed E-state index contributed by atoms with van der Waals surface area (Å²) in [6, 6.07) is 7.67. The predicted octanol–water partition coefficient (Wildman–Crippen LogP) is 3.11. The minimum atomic E-state index is -0.433. The lowest BCUT2D eigenvalue weighted by atomic mass is 10.1. The highest BCUT2D eigenvalue weighted by Crippen LogP contribution is 2.22. The normalized spacial score (nSPS) is 12.0. The van der Waals surface area contributed by atoms with Crippen LogP contribution < -0.4 is 10.6 Å². The van der Waals surface area contributed by atoms with Gasteiger partial charge in [0.15, 0.2) is 0 Å². The van der Waals surface area contributed by atoms with E-state index in [1.165, 1.54) is 5.39 Å². The molecule has 7 heteroatoms. The number of anilines is 1. The molecule has 0 aliphatic carbocycles. The van der Waals surface area contributed by atoms with Crippen LogP contribution in [0.2, 0.25) is 0 Å². The molecule has 0 aliphatic rings. The Kier molecular flexibility index (Phi) is 6.22. The van der Waals surface area contributed by atoms with E-state index in [-0.39, 0.29) is 18.3 Å². The van der Waals surface area contributed by atoms with Gasteiger partial charge in [-0.2, -0.15) is 5.10 Å². The van der Waals surface area contributed by atoms with E-state index in [0.717, 1.165) is 29.7 Å². The number of nitrogens with one attached hydrogen (secondary N) is 2. The number of hydrogen-bond acceptors (Lipinski definition) is 3. The minimum Gasteiger partial charge on any atom is -0.347 e. The van der Waals surface area contributed by atoms with Gasteiger partial charge in [-0.3, -0.25) is 9.48 Å². The van der Waals surface area contributed by atoms with Crippen LogP contribution in [0.5, 0.6) is 0 Å². The molecule has 0 radical (unpaired) electrons. The van der Waals surface area contributed by atoms with E-state index in [1.807, 2.05) is 31.4 Å². The van der Waals surface area contributed by atoms with Crippen molar-refractivity contribution < 1.29 is 4.79 Å². The van der Waals surface area contributed by atoms with E-state index in [9.17, 15) is 4.79 Å². The molecule has 134 valence electrons. The van der Waals surface area contributed by atoms with Crippen LogP contribution in [0.1, 0.15) is 24.9 Å². The Labute approximate surface area is 153 Å². The first-order chi connectivity index (χ1) is 11.6. The number of fused-ring (bicyclic) bond motifs is 1. The number of aromatic nitrogens is 3. The summed E-state index contributed by atoms with van der Waals surface area (Å²) >= 11 is 0. The molecule has 0 fully saturated rings. The summed E-state index contributed by atoms with van der Waals surface area (Å²) in [7, 11) is 3.61. The van der Waals surface area contributed by atoms with Crippen LogP contribution in [-0.2, 0) is 18.4 Å². The van der Waals surface area contributed by atoms with Crippen LogP contribution in [0.15, 0.2) is 42.9 Å². The largest absolute Gasteiger partial charge is 0.347 e. The molecule has 3 rings (SSSR count). The molecule has 1 aromatic carbocycles. The average Bonchev–Trinajstić information content (AvgIpc) is 3.15. The standard InChI is InChI=1S/C18H23N5O.ClH/c1-4-8-23-9-7-13-5-6-15(10-16(13)23)21-18(24)17(19-2)14-11-20-22(3)12-14;/h5-7,9-12,17,19H,4,8H2,1-3H3,(H,21,24);1H. The number of likely N-dealkylation sites (N-methyl/N-ethyl adjacent to an activating group) is 1. The molecule has 1 unspecified atom stereocenters. The van der Waals surface area contributed by atoms with Crippen molar-refractivity contribution in [1.29, 1.82) is 0 Å². The number of benzene rings is 1. The molecular formula is C18H24ClN5O.